The first kappa shape index (κ1) is 15.6. The topological polar surface area (TPSA) is 58.8 Å². The SMILES string of the molecule is CC(C)(C)OC(=O)N1CCN(C2CCCC2)C(CN)C1. The second-order valence-corrected chi connectivity index (χ2v) is 6.99. The Morgan fingerprint density at radius 2 is 1.90 bits per heavy atom. The Morgan fingerprint density at radius 3 is 2.45 bits per heavy atom. The number of amides is 1. The maximum atomic E-state index is 12.1. The molecule has 2 fully saturated rings. The third-order valence-corrected chi connectivity index (χ3v) is 4.25. The highest BCUT2D eigenvalue weighted by atomic mass is 16.6. The van der Waals surface area contributed by atoms with E-state index < -0.39 is 5.60 Å². The van der Waals surface area contributed by atoms with Crippen LogP contribution in [0.2, 0.25) is 0 Å². The molecule has 116 valence electrons. The van der Waals surface area contributed by atoms with Crippen LogP contribution in [0.15, 0.2) is 0 Å². The average molecular weight is 283 g/mol. The van der Waals surface area contributed by atoms with Gasteiger partial charge in [0.1, 0.15) is 5.60 Å². The Balaban J connectivity index is 1.92. The third-order valence-electron chi connectivity index (χ3n) is 4.25. The zero-order valence-electron chi connectivity index (χ0n) is 13.1. The summed E-state index contributed by atoms with van der Waals surface area (Å²) in [5, 5.41) is 0. The zero-order chi connectivity index (χ0) is 14.8. The van der Waals surface area contributed by atoms with Crippen LogP contribution in [0.25, 0.3) is 0 Å². The number of hydrogen-bond donors (Lipinski definition) is 1. The molecule has 0 aromatic carbocycles. The molecule has 1 unspecified atom stereocenters. The Morgan fingerprint density at radius 1 is 1.25 bits per heavy atom. The molecule has 5 heteroatoms. The molecule has 1 amide bonds. The van der Waals surface area contributed by atoms with Crippen LogP contribution in [-0.4, -0.2) is 59.8 Å². The molecule has 0 spiro atoms. The van der Waals surface area contributed by atoms with Crippen molar-refractivity contribution in [2.75, 3.05) is 26.2 Å². The van der Waals surface area contributed by atoms with Crippen LogP contribution < -0.4 is 5.73 Å². The van der Waals surface area contributed by atoms with E-state index in [0.29, 0.717) is 19.1 Å². The van der Waals surface area contributed by atoms with E-state index in [0.717, 1.165) is 13.1 Å². The Hall–Kier alpha value is -0.810. The van der Waals surface area contributed by atoms with Crippen molar-refractivity contribution in [1.82, 2.24) is 9.80 Å². The summed E-state index contributed by atoms with van der Waals surface area (Å²) < 4.78 is 5.46. The number of carbonyl (C=O) groups excluding carboxylic acids is 1. The third kappa shape index (κ3) is 3.85. The predicted molar refractivity (Wildman–Crippen MR) is 79.6 cm³/mol. The van der Waals surface area contributed by atoms with Gasteiger partial charge < -0.3 is 15.4 Å². The fraction of sp³-hybridized carbons (Fsp3) is 0.933. The molecule has 0 aromatic heterocycles. The van der Waals surface area contributed by atoms with Crippen molar-refractivity contribution in [3.63, 3.8) is 0 Å². The molecule has 5 nitrogen and oxygen atoms in total. The maximum absolute atomic E-state index is 12.1. The first-order chi connectivity index (χ1) is 9.40. The van der Waals surface area contributed by atoms with Crippen molar-refractivity contribution in [2.24, 2.45) is 5.73 Å². The molecule has 1 saturated carbocycles. The van der Waals surface area contributed by atoms with Crippen molar-refractivity contribution in [3.8, 4) is 0 Å². The lowest BCUT2D eigenvalue weighted by Crippen LogP contribution is -2.60. The van der Waals surface area contributed by atoms with Gasteiger partial charge in [0.25, 0.3) is 0 Å². The van der Waals surface area contributed by atoms with Crippen LogP contribution in [0.4, 0.5) is 4.79 Å². The van der Waals surface area contributed by atoms with E-state index in [4.69, 9.17) is 10.5 Å². The Kier molecular flexibility index (Phi) is 4.91. The first-order valence-corrected chi connectivity index (χ1v) is 7.84. The van der Waals surface area contributed by atoms with E-state index in [1.54, 1.807) is 0 Å². The molecule has 0 radical (unpaired) electrons. The average Bonchev–Trinajstić information content (AvgIpc) is 2.89. The molecule has 1 aliphatic heterocycles. The van der Waals surface area contributed by atoms with Crippen molar-refractivity contribution >= 4 is 6.09 Å². The normalized spacial score (nSPS) is 26.0. The summed E-state index contributed by atoms with van der Waals surface area (Å²) in [4.78, 5) is 16.5. The number of piperazine rings is 1. The van der Waals surface area contributed by atoms with Gasteiger partial charge in [0.05, 0.1) is 0 Å². The Bertz CT molecular complexity index is 335. The molecule has 0 aromatic rings. The van der Waals surface area contributed by atoms with E-state index in [1.807, 2.05) is 25.7 Å². The van der Waals surface area contributed by atoms with E-state index in [2.05, 4.69) is 4.90 Å². The van der Waals surface area contributed by atoms with Crippen LogP contribution in [0, 0.1) is 0 Å². The molecule has 1 aliphatic carbocycles. The fourth-order valence-electron chi connectivity index (χ4n) is 3.29. The predicted octanol–water partition coefficient (Wildman–Crippen LogP) is 1.81. The minimum absolute atomic E-state index is 0.206. The first-order valence-electron chi connectivity index (χ1n) is 7.84. The molecule has 0 bridgehead atoms. The monoisotopic (exact) mass is 283 g/mol. The summed E-state index contributed by atoms with van der Waals surface area (Å²) in [6.45, 7) is 8.69. The van der Waals surface area contributed by atoms with Gasteiger partial charge in [-0.25, -0.2) is 4.79 Å². The second kappa shape index (κ2) is 6.31. The van der Waals surface area contributed by atoms with Crippen molar-refractivity contribution in [1.29, 1.82) is 0 Å². The van der Waals surface area contributed by atoms with E-state index >= 15 is 0 Å². The molecule has 2 aliphatic rings. The van der Waals surface area contributed by atoms with Crippen molar-refractivity contribution < 1.29 is 9.53 Å². The van der Waals surface area contributed by atoms with Crippen LogP contribution in [0.1, 0.15) is 46.5 Å². The molecular weight excluding hydrogens is 254 g/mol. The van der Waals surface area contributed by atoms with E-state index in [1.165, 1.54) is 25.7 Å². The number of nitrogens with two attached hydrogens (primary N) is 1. The van der Waals surface area contributed by atoms with Gasteiger partial charge in [0, 0.05) is 38.3 Å². The minimum atomic E-state index is -0.433. The van der Waals surface area contributed by atoms with Gasteiger partial charge in [-0.2, -0.15) is 0 Å². The molecule has 1 saturated heterocycles. The second-order valence-electron chi connectivity index (χ2n) is 6.99. The summed E-state index contributed by atoms with van der Waals surface area (Å²) >= 11 is 0. The standard InChI is InChI=1S/C15H29N3O2/c1-15(2,3)20-14(19)17-8-9-18(13(10-16)11-17)12-6-4-5-7-12/h12-13H,4-11,16H2,1-3H3. The summed E-state index contributed by atoms with van der Waals surface area (Å²) in [5.41, 5.74) is 5.50. The summed E-state index contributed by atoms with van der Waals surface area (Å²) in [6, 6.07) is 0.948. The van der Waals surface area contributed by atoms with Gasteiger partial charge in [0.2, 0.25) is 0 Å². The molecule has 20 heavy (non-hydrogen) atoms. The quantitative estimate of drug-likeness (QED) is 0.839. The number of carbonyl (C=O) groups is 1. The zero-order valence-corrected chi connectivity index (χ0v) is 13.1. The molecular formula is C15H29N3O2. The lowest BCUT2D eigenvalue weighted by molar-refractivity contribution is -0.00283. The van der Waals surface area contributed by atoms with Gasteiger partial charge in [-0.05, 0) is 33.6 Å². The number of rotatable bonds is 2. The van der Waals surface area contributed by atoms with Crippen molar-refractivity contribution in [2.45, 2.75) is 64.1 Å². The maximum Gasteiger partial charge on any atom is 0.410 e. The van der Waals surface area contributed by atoms with E-state index in [9.17, 15) is 4.79 Å². The summed E-state index contributed by atoms with van der Waals surface area (Å²) in [6.07, 6.45) is 5.01. The fourth-order valence-corrected chi connectivity index (χ4v) is 3.29. The van der Waals surface area contributed by atoms with Crippen LogP contribution in [-0.2, 0) is 4.74 Å². The highest BCUT2D eigenvalue weighted by Gasteiger charge is 2.35. The molecule has 1 heterocycles. The van der Waals surface area contributed by atoms with Gasteiger partial charge in [-0.3, -0.25) is 4.90 Å². The molecule has 2 N–H and O–H groups in total. The highest BCUT2D eigenvalue weighted by Crippen LogP contribution is 2.27. The minimum Gasteiger partial charge on any atom is -0.444 e. The number of hydrogen-bond acceptors (Lipinski definition) is 4. The van der Waals surface area contributed by atoms with Gasteiger partial charge in [-0.15, -0.1) is 0 Å². The van der Waals surface area contributed by atoms with Crippen molar-refractivity contribution in [3.05, 3.63) is 0 Å². The largest absolute Gasteiger partial charge is 0.444 e. The summed E-state index contributed by atoms with van der Waals surface area (Å²) in [7, 11) is 0. The Labute approximate surface area is 122 Å². The molecule has 2 rings (SSSR count). The lowest BCUT2D eigenvalue weighted by atomic mass is 10.1. The van der Waals surface area contributed by atoms with Crippen LogP contribution in [0.5, 0.6) is 0 Å². The smallest absolute Gasteiger partial charge is 0.410 e. The van der Waals surface area contributed by atoms with E-state index in [-0.39, 0.29) is 12.1 Å². The van der Waals surface area contributed by atoms with Gasteiger partial charge in [-0.1, -0.05) is 12.8 Å². The molecule has 1 atom stereocenters. The van der Waals surface area contributed by atoms with Crippen LogP contribution in [0.3, 0.4) is 0 Å². The van der Waals surface area contributed by atoms with Crippen LogP contribution >= 0.6 is 0 Å². The number of ether oxygens (including phenoxy) is 1. The highest BCUT2D eigenvalue weighted by molar-refractivity contribution is 5.68. The lowest BCUT2D eigenvalue weighted by Gasteiger charge is -2.44. The van der Waals surface area contributed by atoms with Gasteiger partial charge >= 0.3 is 6.09 Å². The number of nitrogens with zero attached hydrogens (tertiary/aromatic N) is 2. The van der Waals surface area contributed by atoms with Gasteiger partial charge in [0.15, 0.2) is 0 Å². The summed E-state index contributed by atoms with van der Waals surface area (Å²) in [5.74, 6) is 0.